The Morgan fingerprint density at radius 3 is 2.38 bits per heavy atom. The van der Waals surface area contributed by atoms with Crippen LogP contribution >= 0.6 is 0 Å². The molecule has 1 saturated carbocycles. The van der Waals surface area contributed by atoms with Crippen LogP contribution in [0.5, 0.6) is 0 Å². The van der Waals surface area contributed by atoms with E-state index in [1.54, 1.807) is 0 Å². The van der Waals surface area contributed by atoms with Gasteiger partial charge in [0.15, 0.2) is 0 Å². The molecular formula is C11H21NO. The molecule has 1 rings (SSSR count). The summed E-state index contributed by atoms with van der Waals surface area (Å²) in [5.41, 5.74) is 0.157. The van der Waals surface area contributed by atoms with E-state index in [1.165, 1.54) is 0 Å². The molecule has 1 aliphatic carbocycles. The average Bonchev–Trinajstić information content (AvgIpc) is 2.86. The summed E-state index contributed by atoms with van der Waals surface area (Å²) in [4.78, 5) is 13.7. The Hall–Kier alpha value is -0.370. The Morgan fingerprint density at radius 2 is 2.00 bits per heavy atom. The lowest BCUT2D eigenvalue weighted by atomic mass is 9.99. The number of carbonyl (C=O) groups is 1. The lowest BCUT2D eigenvalue weighted by molar-refractivity contribution is -0.122. The topological polar surface area (TPSA) is 20.3 Å². The van der Waals surface area contributed by atoms with E-state index in [4.69, 9.17) is 0 Å². The summed E-state index contributed by atoms with van der Waals surface area (Å²) >= 11 is 0. The smallest absolute Gasteiger partial charge is 0.149 e. The van der Waals surface area contributed by atoms with E-state index in [-0.39, 0.29) is 5.54 Å². The van der Waals surface area contributed by atoms with E-state index < -0.39 is 0 Å². The maximum absolute atomic E-state index is 11.5. The highest BCUT2D eigenvalue weighted by molar-refractivity contribution is 5.85. The van der Waals surface area contributed by atoms with E-state index in [2.05, 4.69) is 25.7 Å². The molecule has 1 fully saturated rings. The highest BCUT2D eigenvalue weighted by atomic mass is 16.1. The van der Waals surface area contributed by atoms with Gasteiger partial charge in [-0.15, -0.1) is 0 Å². The van der Waals surface area contributed by atoms with Crippen LogP contribution in [0.15, 0.2) is 0 Å². The Kier molecular flexibility index (Phi) is 3.12. The van der Waals surface area contributed by atoms with Gasteiger partial charge in [-0.1, -0.05) is 6.92 Å². The molecule has 0 aromatic heterocycles. The summed E-state index contributed by atoms with van der Waals surface area (Å²) in [6.07, 6.45) is 3.33. The zero-order valence-electron chi connectivity index (χ0n) is 9.26. The van der Waals surface area contributed by atoms with Crippen molar-refractivity contribution in [1.82, 2.24) is 4.90 Å². The van der Waals surface area contributed by atoms with Gasteiger partial charge >= 0.3 is 0 Å². The molecule has 0 unspecified atom stereocenters. The molecule has 0 N–H and O–H groups in total. The van der Waals surface area contributed by atoms with Crippen LogP contribution in [0.4, 0.5) is 0 Å². The molecule has 0 heterocycles. The third kappa shape index (κ3) is 2.80. The van der Waals surface area contributed by atoms with Crippen molar-refractivity contribution in [3.63, 3.8) is 0 Å². The number of hydrogen-bond acceptors (Lipinski definition) is 2. The summed E-state index contributed by atoms with van der Waals surface area (Å²) in [6, 6.07) is 0. The van der Waals surface area contributed by atoms with Crippen molar-refractivity contribution < 1.29 is 4.79 Å². The van der Waals surface area contributed by atoms with Gasteiger partial charge in [0.2, 0.25) is 0 Å². The van der Waals surface area contributed by atoms with Crippen LogP contribution in [0, 0.1) is 5.92 Å². The second-order valence-electron chi connectivity index (χ2n) is 4.76. The van der Waals surface area contributed by atoms with Gasteiger partial charge in [-0.05, 0) is 40.2 Å². The molecule has 0 aromatic rings. The van der Waals surface area contributed by atoms with Crippen LogP contribution in [0.25, 0.3) is 0 Å². The van der Waals surface area contributed by atoms with Crippen molar-refractivity contribution in [3.8, 4) is 0 Å². The molecule has 0 saturated heterocycles. The number of Topliss-reactive ketones (excluding diaryl/α,β-unsaturated/α-hetero) is 1. The quantitative estimate of drug-likeness (QED) is 0.650. The fraction of sp³-hybridized carbons (Fsp3) is 0.909. The van der Waals surface area contributed by atoms with Gasteiger partial charge in [-0.3, -0.25) is 9.69 Å². The first-order valence-corrected chi connectivity index (χ1v) is 5.21. The predicted molar refractivity (Wildman–Crippen MR) is 54.7 cm³/mol. The fourth-order valence-electron chi connectivity index (χ4n) is 1.25. The minimum absolute atomic E-state index is 0.157. The van der Waals surface area contributed by atoms with Gasteiger partial charge in [0, 0.05) is 11.5 Å². The van der Waals surface area contributed by atoms with Crippen molar-refractivity contribution in [2.75, 3.05) is 13.6 Å². The predicted octanol–water partition coefficient (Wildman–Crippen LogP) is 2.09. The van der Waals surface area contributed by atoms with Crippen molar-refractivity contribution in [2.24, 2.45) is 5.92 Å². The second-order valence-corrected chi connectivity index (χ2v) is 4.76. The standard InChI is InChI=1S/C11H21NO/c1-5-11(2,3)12(4)8-10(13)9-6-7-9/h9H,5-8H2,1-4H3. The summed E-state index contributed by atoms with van der Waals surface area (Å²) in [5, 5.41) is 0. The highest BCUT2D eigenvalue weighted by Gasteiger charge is 2.32. The molecule has 0 aromatic carbocycles. The molecule has 0 spiro atoms. The van der Waals surface area contributed by atoms with Crippen molar-refractivity contribution >= 4 is 5.78 Å². The van der Waals surface area contributed by atoms with Crippen molar-refractivity contribution in [2.45, 2.75) is 45.6 Å². The first-order valence-electron chi connectivity index (χ1n) is 5.21. The van der Waals surface area contributed by atoms with Crippen molar-refractivity contribution in [3.05, 3.63) is 0 Å². The lowest BCUT2D eigenvalue weighted by Gasteiger charge is -2.34. The summed E-state index contributed by atoms with van der Waals surface area (Å²) in [7, 11) is 2.05. The Bertz CT molecular complexity index is 194. The van der Waals surface area contributed by atoms with Gasteiger partial charge in [0.1, 0.15) is 5.78 Å². The first kappa shape index (κ1) is 10.7. The minimum Gasteiger partial charge on any atom is -0.298 e. The molecule has 2 nitrogen and oxygen atoms in total. The molecule has 0 radical (unpaired) electrons. The minimum atomic E-state index is 0.157. The maximum atomic E-state index is 11.5. The van der Waals surface area contributed by atoms with Crippen LogP contribution in [0.1, 0.15) is 40.0 Å². The average molecular weight is 183 g/mol. The Morgan fingerprint density at radius 1 is 1.46 bits per heavy atom. The molecule has 0 aliphatic heterocycles. The maximum Gasteiger partial charge on any atom is 0.149 e. The van der Waals surface area contributed by atoms with E-state index >= 15 is 0 Å². The Labute approximate surface area is 81.3 Å². The third-order valence-electron chi connectivity index (χ3n) is 3.32. The molecule has 2 heteroatoms. The molecule has 0 bridgehead atoms. The normalized spacial score (nSPS) is 17.9. The Balaban J connectivity index is 2.38. The van der Waals surface area contributed by atoms with E-state index in [9.17, 15) is 4.79 Å². The number of ketones is 1. The van der Waals surface area contributed by atoms with Crippen LogP contribution in [0.3, 0.4) is 0 Å². The summed E-state index contributed by atoms with van der Waals surface area (Å²) in [6.45, 7) is 7.17. The second kappa shape index (κ2) is 3.79. The fourth-order valence-corrected chi connectivity index (χ4v) is 1.25. The molecule has 13 heavy (non-hydrogen) atoms. The highest BCUT2D eigenvalue weighted by Crippen LogP contribution is 2.30. The van der Waals surface area contributed by atoms with Crippen LogP contribution in [-0.4, -0.2) is 29.8 Å². The van der Waals surface area contributed by atoms with Crippen molar-refractivity contribution in [1.29, 1.82) is 0 Å². The zero-order chi connectivity index (χ0) is 10.1. The van der Waals surface area contributed by atoms with Gasteiger partial charge in [0.25, 0.3) is 0 Å². The number of likely N-dealkylation sites (N-methyl/N-ethyl adjacent to an activating group) is 1. The molecule has 0 amide bonds. The third-order valence-corrected chi connectivity index (χ3v) is 3.32. The summed E-state index contributed by atoms with van der Waals surface area (Å²) in [5.74, 6) is 0.833. The molecule has 1 aliphatic rings. The van der Waals surface area contributed by atoms with E-state index in [0.29, 0.717) is 18.2 Å². The largest absolute Gasteiger partial charge is 0.298 e. The lowest BCUT2D eigenvalue weighted by Crippen LogP contribution is -2.43. The van der Waals surface area contributed by atoms with Gasteiger partial charge in [-0.25, -0.2) is 0 Å². The van der Waals surface area contributed by atoms with E-state index in [1.807, 2.05) is 7.05 Å². The number of hydrogen-bond donors (Lipinski definition) is 0. The van der Waals surface area contributed by atoms with Gasteiger partial charge < -0.3 is 0 Å². The number of nitrogens with zero attached hydrogens (tertiary/aromatic N) is 1. The zero-order valence-corrected chi connectivity index (χ0v) is 9.26. The molecular weight excluding hydrogens is 162 g/mol. The van der Waals surface area contributed by atoms with Crippen LogP contribution in [-0.2, 0) is 4.79 Å². The van der Waals surface area contributed by atoms with Crippen LogP contribution < -0.4 is 0 Å². The number of carbonyl (C=O) groups excluding carboxylic acids is 1. The monoisotopic (exact) mass is 183 g/mol. The van der Waals surface area contributed by atoms with E-state index in [0.717, 1.165) is 19.3 Å². The first-order chi connectivity index (χ1) is 5.97. The summed E-state index contributed by atoms with van der Waals surface area (Å²) < 4.78 is 0. The number of rotatable bonds is 5. The molecule has 76 valence electrons. The van der Waals surface area contributed by atoms with Gasteiger partial charge in [-0.2, -0.15) is 0 Å². The SMILES string of the molecule is CCC(C)(C)N(C)CC(=O)C1CC1. The van der Waals surface area contributed by atoms with Gasteiger partial charge in [0.05, 0.1) is 6.54 Å². The van der Waals surface area contributed by atoms with Crippen LogP contribution in [0.2, 0.25) is 0 Å². The molecule has 0 atom stereocenters.